The molecule has 140 valence electrons. The van der Waals surface area contributed by atoms with Crippen LogP contribution < -0.4 is 0 Å². The van der Waals surface area contributed by atoms with Crippen LogP contribution in [0.3, 0.4) is 0 Å². The summed E-state index contributed by atoms with van der Waals surface area (Å²) in [4.78, 5) is 12.4. The van der Waals surface area contributed by atoms with E-state index in [1.54, 1.807) is 0 Å². The number of pyridine rings is 1. The lowest BCUT2D eigenvalue weighted by atomic mass is 9.87. The molecule has 4 heterocycles. The van der Waals surface area contributed by atoms with Crippen molar-refractivity contribution in [1.82, 2.24) is 14.8 Å². The maximum atomic E-state index is 6.37. The fraction of sp³-hybridized carbons (Fsp3) is 0.571. The Hall–Kier alpha value is -1.27. The average molecular weight is 372 g/mol. The fourth-order valence-corrected chi connectivity index (χ4v) is 5.17. The summed E-state index contributed by atoms with van der Waals surface area (Å²) in [6.45, 7) is 7.33. The number of ether oxygens (including phenoxy) is 1. The van der Waals surface area contributed by atoms with Gasteiger partial charge in [0.15, 0.2) is 0 Å². The average Bonchev–Trinajstić information content (AvgIpc) is 3.25. The summed E-state index contributed by atoms with van der Waals surface area (Å²) in [5.41, 5.74) is 1.24. The minimum atomic E-state index is 0.102. The maximum Gasteiger partial charge on any atom is 0.0723 e. The first-order chi connectivity index (χ1) is 12.6. The number of nitrogens with zero attached hydrogens (tertiary/aromatic N) is 3. The van der Waals surface area contributed by atoms with Gasteiger partial charge in [-0.1, -0.05) is 6.07 Å². The number of hydrogen-bond acceptors (Lipinski definition) is 5. The van der Waals surface area contributed by atoms with Crippen molar-refractivity contribution >= 4 is 11.3 Å². The van der Waals surface area contributed by atoms with Crippen LogP contribution in [0, 0.1) is 6.92 Å². The summed E-state index contributed by atoms with van der Waals surface area (Å²) in [7, 11) is 2.20. The van der Waals surface area contributed by atoms with E-state index in [-0.39, 0.29) is 5.60 Å². The van der Waals surface area contributed by atoms with Gasteiger partial charge in [0.25, 0.3) is 0 Å². The number of thiophene rings is 1. The summed E-state index contributed by atoms with van der Waals surface area (Å²) >= 11 is 1.92. The van der Waals surface area contributed by atoms with Crippen LogP contribution in [0.2, 0.25) is 0 Å². The molecule has 0 amide bonds. The van der Waals surface area contributed by atoms with Gasteiger partial charge in [-0.2, -0.15) is 0 Å². The van der Waals surface area contributed by atoms with E-state index in [1.807, 2.05) is 23.6 Å². The zero-order chi connectivity index (χ0) is 18.0. The molecular formula is C21H29N3OS. The first-order valence-corrected chi connectivity index (χ1v) is 10.5. The van der Waals surface area contributed by atoms with Gasteiger partial charge in [-0.05, 0) is 57.5 Å². The highest BCUT2D eigenvalue weighted by Crippen LogP contribution is 2.38. The van der Waals surface area contributed by atoms with Gasteiger partial charge in [0.05, 0.1) is 17.9 Å². The van der Waals surface area contributed by atoms with Gasteiger partial charge in [0.1, 0.15) is 0 Å². The van der Waals surface area contributed by atoms with E-state index >= 15 is 0 Å². The lowest BCUT2D eigenvalue weighted by Crippen LogP contribution is -2.44. The number of piperidine rings is 1. The molecule has 26 heavy (non-hydrogen) atoms. The zero-order valence-electron chi connectivity index (χ0n) is 15.9. The molecule has 2 aliphatic heterocycles. The van der Waals surface area contributed by atoms with Crippen molar-refractivity contribution in [1.29, 1.82) is 0 Å². The molecule has 0 saturated carbocycles. The normalized spacial score (nSPS) is 23.1. The molecular weight excluding hydrogens is 342 g/mol. The summed E-state index contributed by atoms with van der Waals surface area (Å²) in [5, 5.41) is 0. The van der Waals surface area contributed by atoms with Crippen LogP contribution in [-0.4, -0.2) is 53.2 Å². The summed E-state index contributed by atoms with van der Waals surface area (Å²) in [6, 6.07) is 11.2. The van der Waals surface area contributed by atoms with E-state index in [0.29, 0.717) is 6.04 Å². The summed E-state index contributed by atoms with van der Waals surface area (Å²) in [5.74, 6) is 0. The van der Waals surface area contributed by atoms with Gasteiger partial charge >= 0.3 is 0 Å². The van der Waals surface area contributed by atoms with Crippen molar-refractivity contribution in [3.63, 3.8) is 0 Å². The smallest absolute Gasteiger partial charge is 0.0723 e. The molecule has 2 aliphatic rings. The van der Waals surface area contributed by atoms with Gasteiger partial charge in [-0.25, -0.2) is 0 Å². The number of rotatable bonds is 5. The molecule has 0 aromatic carbocycles. The van der Waals surface area contributed by atoms with Crippen LogP contribution in [-0.2, 0) is 17.8 Å². The first-order valence-electron chi connectivity index (χ1n) is 9.64. The Morgan fingerprint density at radius 2 is 2.12 bits per heavy atom. The second kappa shape index (κ2) is 7.77. The highest BCUT2D eigenvalue weighted by Gasteiger charge is 2.43. The van der Waals surface area contributed by atoms with Crippen LogP contribution >= 0.6 is 11.3 Å². The zero-order valence-corrected chi connectivity index (χ0v) is 16.7. The molecule has 0 N–H and O–H groups in total. The molecule has 0 bridgehead atoms. The van der Waals surface area contributed by atoms with Crippen molar-refractivity contribution in [2.24, 2.45) is 0 Å². The first kappa shape index (κ1) is 18.1. The predicted molar refractivity (Wildman–Crippen MR) is 106 cm³/mol. The third-order valence-corrected chi connectivity index (χ3v) is 6.88. The minimum Gasteiger partial charge on any atom is -0.373 e. The molecule has 2 saturated heterocycles. The molecule has 2 aromatic rings. The largest absolute Gasteiger partial charge is 0.373 e. The third-order valence-electron chi connectivity index (χ3n) is 5.89. The SMILES string of the molecule is Cc1ccc(CN2CCC3(CC2)C[C@@H](N(C)Cc2ccccn2)CO3)s1. The van der Waals surface area contributed by atoms with Crippen LogP contribution in [0.25, 0.3) is 0 Å². The van der Waals surface area contributed by atoms with E-state index in [1.165, 1.54) is 9.75 Å². The van der Waals surface area contributed by atoms with Crippen LogP contribution in [0.5, 0.6) is 0 Å². The second-order valence-corrected chi connectivity index (χ2v) is 9.25. The van der Waals surface area contributed by atoms with Crippen LogP contribution in [0.1, 0.15) is 34.7 Å². The minimum absolute atomic E-state index is 0.102. The third kappa shape index (κ3) is 4.17. The van der Waals surface area contributed by atoms with Gasteiger partial charge in [-0.15, -0.1) is 11.3 Å². The Morgan fingerprint density at radius 1 is 1.27 bits per heavy atom. The number of likely N-dealkylation sites (N-methyl/N-ethyl adjacent to an activating group) is 1. The Morgan fingerprint density at radius 3 is 2.81 bits per heavy atom. The van der Waals surface area contributed by atoms with E-state index in [9.17, 15) is 0 Å². The van der Waals surface area contributed by atoms with Crippen molar-refractivity contribution in [3.8, 4) is 0 Å². The molecule has 0 radical (unpaired) electrons. The van der Waals surface area contributed by atoms with Crippen molar-refractivity contribution in [2.75, 3.05) is 26.7 Å². The summed E-state index contributed by atoms with van der Waals surface area (Å²) < 4.78 is 6.37. The monoisotopic (exact) mass is 371 g/mol. The Labute approximate surface area is 160 Å². The van der Waals surface area contributed by atoms with E-state index in [0.717, 1.165) is 57.7 Å². The van der Waals surface area contributed by atoms with Crippen molar-refractivity contribution < 1.29 is 4.74 Å². The molecule has 4 rings (SSSR count). The highest BCUT2D eigenvalue weighted by atomic mass is 32.1. The summed E-state index contributed by atoms with van der Waals surface area (Å²) in [6.07, 6.45) is 5.35. The lowest BCUT2D eigenvalue weighted by Gasteiger charge is -2.38. The van der Waals surface area contributed by atoms with Crippen molar-refractivity contribution in [2.45, 2.75) is 50.9 Å². The van der Waals surface area contributed by atoms with Crippen LogP contribution in [0.15, 0.2) is 36.5 Å². The quantitative estimate of drug-likeness (QED) is 0.801. The fourth-order valence-electron chi connectivity index (χ4n) is 4.24. The molecule has 1 atom stereocenters. The molecule has 1 spiro atoms. The van der Waals surface area contributed by atoms with E-state index in [2.05, 4.69) is 53.0 Å². The van der Waals surface area contributed by atoms with Gasteiger partial charge in [0, 0.05) is 48.2 Å². The van der Waals surface area contributed by atoms with Gasteiger partial charge < -0.3 is 4.74 Å². The number of aryl methyl sites for hydroxylation is 1. The van der Waals surface area contributed by atoms with Crippen LogP contribution in [0.4, 0.5) is 0 Å². The van der Waals surface area contributed by atoms with Crippen molar-refractivity contribution in [3.05, 3.63) is 52.0 Å². The molecule has 0 unspecified atom stereocenters. The molecule has 5 heteroatoms. The highest BCUT2D eigenvalue weighted by molar-refractivity contribution is 7.11. The molecule has 4 nitrogen and oxygen atoms in total. The predicted octanol–water partition coefficient (Wildman–Crippen LogP) is 3.71. The van der Waals surface area contributed by atoms with Gasteiger partial charge in [-0.3, -0.25) is 14.8 Å². The number of hydrogen-bond donors (Lipinski definition) is 0. The van der Waals surface area contributed by atoms with Gasteiger partial charge in [0.2, 0.25) is 0 Å². The topological polar surface area (TPSA) is 28.6 Å². The molecule has 2 fully saturated rings. The lowest BCUT2D eigenvalue weighted by molar-refractivity contribution is -0.0451. The van der Waals surface area contributed by atoms with E-state index < -0.39 is 0 Å². The Kier molecular flexibility index (Phi) is 5.41. The maximum absolute atomic E-state index is 6.37. The van der Waals surface area contributed by atoms with E-state index in [4.69, 9.17) is 4.74 Å². The second-order valence-electron chi connectivity index (χ2n) is 7.88. The Bertz CT molecular complexity index is 709. The standard InChI is InChI=1S/C21H29N3OS/c1-17-6-7-20(26-17)15-24-11-8-21(9-12-24)13-19(16-25-21)23(2)14-18-5-3-4-10-22-18/h3-7,10,19H,8-9,11-16H2,1-2H3/t19-/m1/s1. The number of aromatic nitrogens is 1. The molecule has 0 aliphatic carbocycles. The number of likely N-dealkylation sites (tertiary alicyclic amines) is 1. The molecule has 2 aromatic heterocycles. The Balaban J connectivity index is 1.28.